The van der Waals surface area contributed by atoms with Crippen LogP contribution >= 0.6 is 11.6 Å². The largest absolute Gasteiger partial charge is 0.508 e. The molecule has 1 aliphatic rings. The fraction of sp³-hybridized carbons (Fsp3) is 0. The van der Waals surface area contributed by atoms with Crippen LogP contribution in [-0.4, -0.2) is 23.1 Å². The normalized spacial score (nSPS) is 14.0. The SMILES string of the molecule is O=C1Nc2ccc(Cl)cc2/C1=C\c1ccc(C(=O)N/N=C/c2cccc(O)c2)cc1. The Hall–Kier alpha value is -3.90. The van der Waals surface area contributed by atoms with Crippen molar-refractivity contribution in [3.05, 3.63) is 94.0 Å². The van der Waals surface area contributed by atoms with Crippen molar-refractivity contribution >= 4 is 47.0 Å². The third-order valence-electron chi connectivity index (χ3n) is 4.50. The monoisotopic (exact) mass is 417 g/mol. The summed E-state index contributed by atoms with van der Waals surface area (Å²) in [5, 5.41) is 16.7. The molecule has 0 saturated heterocycles. The van der Waals surface area contributed by atoms with E-state index in [4.69, 9.17) is 11.6 Å². The van der Waals surface area contributed by atoms with E-state index in [1.54, 1.807) is 66.7 Å². The number of amides is 2. The molecule has 0 radical (unpaired) electrons. The molecular formula is C23H16ClN3O3. The molecule has 30 heavy (non-hydrogen) atoms. The molecule has 2 amide bonds. The van der Waals surface area contributed by atoms with Gasteiger partial charge >= 0.3 is 0 Å². The number of rotatable bonds is 4. The Morgan fingerprint density at radius 3 is 2.60 bits per heavy atom. The average molecular weight is 418 g/mol. The molecule has 1 heterocycles. The number of hydrogen-bond acceptors (Lipinski definition) is 4. The van der Waals surface area contributed by atoms with Gasteiger partial charge in [0.2, 0.25) is 0 Å². The number of hydrazone groups is 1. The maximum absolute atomic E-state index is 12.3. The van der Waals surface area contributed by atoms with Gasteiger partial charge in [0.1, 0.15) is 5.75 Å². The molecule has 7 heteroatoms. The standard InChI is InChI=1S/C23H16ClN3O3/c24-17-8-9-21-19(12-17)20(23(30)26-21)11-14-4-6-16(7-5-14)22(29)27-25-13-15-2-1-3-18(28)10-15/h1-13,28H,(H,26,30)(H,27,29)/b20-11+,25-13+. The number of carbonyl (C=O) groups excluding carboxylic acids is 2. The van der Waals surface area contributed by atoms with E-state index in [-0.39, 0.29) is 17.6 Å². The highest BCUT2D eigenvalue weighted by atomic mass is 35.5. The zero-order valence-corrected chi connectivity index (χ0v) is 16.4. The second-order valence-corrected chi connectivity index (χ2v) is 7.05. The molecule has 6 nitrogen and oxygen atoms in total. The predicted molar refractivity (Wildman–Crippen MR) is 118 cm³/mol. The van der Waals surface area contributed by atoms with Crippen LogP contribution in [0, 0.1) is 0 Å². The minimum atomic E-state index is -0.374. The van der Waals surface area contributed by atoms with E-state index in [1.807, 2.05) is 0 Å². The minimum absolute atomic E-state index is 0.121. The molecule has 3 aromatic rings. The summed E-state index contributed by atoms with van der Waals surface area (Å²) < 4.78 is 0. The van der Waals surface area contributed by atoms with Gasteiger partial charge < -0.3 is 10.4 Å². The van der Waals surface area contributed by atoms with Crippen LogP contribution in [0.2, 0.25) is 5.02 Å². The van der Waals surface area contributed by atoms with E-state index in [1.165, 1.54) is 12.3 Å². The molecule has 1 aliphatic heterocycles. The van der Waals surface area contributed by atoms with Gasteiger partial charge in [-0.05, 0) is 59.7 Å². The van der Waals surface area contributed by atoms with Gasteiger partial charge in [-0.2, -0.15) is 5.10 Å². The van der Waals surface area contributed by atoms with Crippen molar-refractivity contribution in [1.29, 1.82) is 0 Å². The van der Waals surface area contributed by atoms with Gasteiger partial charge in [-0.25, -0.2) is 5.43 Å². The third-order valence-corrected chi connectivity index (χ3v) is 4.73. The number of carbonyl (C=O) groups is 2. The molecule has 0 bridgehead atoms. The van der Waals surface area contributed by atoms with E-state index < -0.39 is 0 Å². The van der Waals surface area contributed by atoms with Crippen molar-refractivity contribution in [2.75, 3.05) is 5.32 Å². The summed E-state index contributed by atoms with van der Waals surface area (Å²) in [6, 6.07) is 18.5. The first-order valence-corrected chi connectivity index (χ1v) is 9.43. The number of nitrogens with zero attached hydrogens (tertiary/aromatic N) is 1. The Morgan fingerprint density at radius 1 is 1.03 bits per heavy atom. The van der Waals surface area contributed by atoms with Crippen LogP contribution in [0.1, 0.15) is 27.0 Å². The zero-order chi connectivity index (χ0) is 21.1. The van der Waals surface area contributed by atoms with Gasteiger partial charge in [-0.1, -0.05) is 35.9 Å². The van der Waals surface area contributed by atoms with E-state index in [0.29, 0.717) is 21.7 Å². The minimum Gasteiger partial charge on any atom is -0.508 e. The maximum atomic E-state index is 12.3. The smallest absolute Gasteiger partial charge is 0.271 e. The molecule has 148 valence electrons. The molecule has 3 aromatic carbocycles. The fourth-order valence-electron chi connectivity index (χ4n) is 3.04. The molecule has 0 aromatic heterocycles. The first-order chi connectivity index (χ1) is 14.5. The zero-order valence-electron chi connectivity index (χ0n) is 15.6. The van der Waals surface area contributed by atoms with Crippen LogP contribution < -0.4 is 10.7 Å². The summed E-state index contributed by atoms with van der Waals surface area (Å²) in [5.41, 5.74) is 6.27. The molecule has 0 unspecified atom stereocenters. The van der Waals surface area contributed by atoms with E-state index in [9.17, 15) is 14.7 Å². The van der Waals surface area contributed by atoms with E-state index in [2.05, 4.69) is 15.8 Å². The number of hydrogen-bond donors (Lipinski definition) is 3. The van der Waals surface area contributed by atoms with Crippen LogP contribution in [0.4, 0.5) is 5.69 Å². The number of fused-ring (bicyclic) bond motifs is 1. The van der Waals surface area contributed by atoms with Gasteiger partial charge in [0.15, 0.2) is 0 Å². The Morgan fingerprint density at radius 2 is 1.83 bits per heavy atom. The van der Waals surface area contributed by atoms with Gasteiger partial charge in [0.25, 0.3) is 11.8 Å². The van der Waals surface area contributed by atoms with Crippen LogP contribution in [0.5, 0.6) is 5.75 Å². The first kappa shape index (κ1) is 19.4. The van der Waals surface area contributed by atoms with Crippen LogP contribution in [0.15, 0.2) is 71.8 Å². The molecule has 0 saturated carbocycles. The lowest BCUT2D eigenvalue weighted by Gasteiger charge is -2.02. The highest BCUT2D eigenvalue weighted by Crippen LogP contribution is 2.34. The Balaban J connectivity index is 1.47. The first-order valence-electron chi connectivity index (χ1n) is 9.05. The number of benzene rings is 3. The van der Waals surface area contributed by atoms with Gasteiger partial charge in [0.05, 0.1) is 6.21 Å². The Bertz CT molecular complexity index is 1200. The lowest BCUT2D eigenvalue weighted by Crippen LogP contribution is -2.17. The molecule has 0 aliphatic carbocycles. The van der Waals surface area contributed by atoms with Crippen molar-refractivity contribution in [1.82, 2.24) is 5.43 Å². The number of aromatic hydroxyl groups is 1. The third kappa shape index (κ3) is 4.24. The molecule has 0 fully saturated rings. The Labute approximate surface area is 177 Å². The van der Waals surface area contributed by atoms with Crippen molar-refractivity contribution in [2.24, 2.45) is 5.10 Å². The molecule has 0 spiro atoms. The second-order valence-electron chi connectivity index (χ2n) is 6.62. The summed E-state index contributed by atoms with van der Waals surface area (Å²) in [4.78, 5) is 24.5. The van der Waals surface area contributed by atoms with Crippen molar-refractivity contribution in [3.63, 3.8) is 0 Å². The Kier molecular flexibility index (Phi) is 5.32. The topological polar surface area (TPSA) is 90.8 Å². The molecule has 4 rings (SSSR count). The van der Waals surface area contributed by atoms with Gasteiger partial charge in [-0.15, -0.1) is 0 Å². The summed E-state index contributed by atoms with van der Waals surface area (Å²) >= 11 is 6.05. The predicted octanol–water partition coefficient (Wildman–Crippen LogP) is 4.30. The van der Waals surface area contributed by atoms with Crippen LogP contribution in [0.25, 0.3) is 11.6 Å². The van der Waals surface area contributed by atoms with Crippen molar-refractivity contribution in [3.8, 4) is 5.75 Å². The van der Waals surface area contributed by atoms with E-state index in [0.717, 1.165) is 16.8 Å². The molecule has 3 N–H and O–H groups in total. The van der Waals surface area contributed by atoms with Crippen molar-refractivity contribution < 1.29 is 14.7 Å². The van der Waals surface area contributed by atoms with E-state index >= 15 is 0 Å². The summed E-state index contributed by atoms with van der Waals surface area (Å²) in [5.74, 6) is -0.451. The highest BCUT2D eigenvalue weighted by Gasteiger charge is 2.24. The number of phenolic OH excluding ortho intramolecular Hbond substituents is 1. The summed E-state index contributed by atoms with van der Waals surface area (Å²) in [6.07, 6.45) is 3.19. The maximum Gasteiger partial charge on any atom is 0.271 e. The van der Waals surface area contributed by atoms with Crippen LogP contribution in [-0.2, 0) is 4.79 Å². The molecule has 0 atom stereocenters. The highest BCUT2D eigenvalue weighted by molar-refractivity contribution is 6.36. The number of phenols is 1. The second kappa shape index (κ2) is 8.23. The molecular weight excluding hydrogens is 402 g/mol. The van der Waals surface area contributed by atoms with Gasteiger partial charge in [-0.3, -0.25) is 9.59 Å². The summed E-state index contributed by atoms with van der Waals surface area (Å²) in [7, 11) is 0. The summed E-state index contributed by atoms with van der Waals surface area (Å²) in [6.45, 7) is 0. The van der Waals surface area contributed by atoms with Crippen molar-refractivity contribution in [2.45, 2.75) is 0 Å². The number of nitrogens with one attached hydrogen (secondary N) is 2. The quantitative estimate of drug-likeness (QED) is 0.336. The fourth-order valence-corrected chi connectivity index (χ4v) is 3.21. The number of anilines is 1. The van der Waals surface area contributed by atoms with Gasteiger partial charge in [0, 0.05) is 27.4 Å². The van der Waals surface area contributed by atoms with Crippen LogP contribution in [0.3, 0.4) is 0 Å². The number of halogens is 1. The lowest BCUT2D eigenvalue weighted by atomic mass is 10.0. The lowest BCUT2D eigenvalue weighted by molar-refractivity contribution is -0.110. The average Bonchev–Trinajstić information content (AvgIpc) is 3.03.